The minimum Gasteiger partial charge on any atom is -0.478 e. The second-order valence-corrected chi connectivity index (χ2v) is 6.06. The number of carbonyl (C=O) groups is 1. The molecule has 0 aliphatic rings. The van der Waals surface area contributed by atoms with E-state index in [0.717, 1.165) is 20.5 Å². The van der Waals surface area contributed by atoms with E-state index in [9.17, 15) is 4.79 Å². The smallest absolute Gasteiger partial charge is 0.336 e. The van der Waals surface area contributed by atoms with E-state index >= 15 is 0 Å². The predicted molar refractivity (Wildman–Crippen MR) is 73.5 cm³/mol. The monoisotopic (exact) mass is 294 g/mol. The lowest BCUT2D eigenvalue weighted by Crippen LogP contribution is -1.91. The number of hydrogen-bond acceptors (Lipinski definition) is 6. The van der Waals surface area contributed by atoms with Gasteiger partial charge in [-0.25, -0.2) is 9.78 Å². The van der Waals surface area contributed by atoms with Crippen molar-refractivity contribution in [3.05, 3.63) is 34.1 Å². The molecule has 0 spiro atoms. The molecule has 0 aromatic carbocycles. The summed E-state index contributed by atoms with van der Waals surface area (Å²) in [6, 6.07) is 1.65. The van der Waals surface area contributed by atoms with Crippen LogP contribution in [0.1, 0.15) is 10.4 Å². The molecule has 18 heavy (non-hydrogen) atoms. The van der Waals surface area contributed by atoms with Crippen molar-refractivity contribution in [2.24, 2.45) is 0 Å². The molecular weight excluding hydrogens is 288 g/mol. The molecular formula is C11H6N2O2S3. The van der Waals surface area contributed by atoms with Crippen LogP contribution in [0, 0.1) is 0 Å². The molecule has 0 amide bonds. The standard InChI is InChI=1S/C11H6N2O2S3/c14-11(15)6-1-8(16-3-6)7-4-17-10(13-7)9-2-12-5-18-9/h1-5H,(H,14,15). The molecule has 0 bridgehead atoms. The van der Waals surface area contributed by atoms with Crippen molar-refractivity contribution < 1.29 is 9.90 Å². The zero-order valence-corrected chi connectivity index (χ0v) is 11.3. The van der Waals surface area contributed by atoms with E-state index in [-0.39, 0.29) is 0 Å². The van der Waals surface area contributed by atoms with E-state index in [1.165, 1.54) is 22.7 Å². The summed E-state index contributed by atoms with van der Waals surface area (Å²) in [5.41, 5.74) is 2.90. The van der Waals surface area contributed by atoms with E-state index in [4.69, 9.17) is 5.11 Å². The SMILES string of the molecule is O=C(O)c1csc(-c2csc(-c3cncs3)n2)c1. The maximum Gasteiger partial charge on any atom is 0.336 e. The molecule has 0 aliphatic carbocycles. The van der Waals surface area contributed by atoms with E-state index in [2.05, 4.69) is 9.97 Å². The third kappa shape index (κ3) is 2.07. The van der Waals surface area contributed by atoms with E-state index in [1.54, 1.807) is 34.5 Å². The first-order valence-electron chi connectivity index (χ1n) is 4.90. The lowest BCUT2D eigenvalue weighted by molar-refractivity contribution is 0.0697. The summed E-state index contributed by atoms with van der Waals surface area (Å²) in [6.45, 7) is 0. The fraction of sp³-hybridized carbons (Fsp3) is 0. The minimum atomic E-state index is -0.907. The summed E-state index contributed by atoms with van der Waals surface area (Å²) >= 11 is 4.47. The molecule has 0 unspecified atom stereocenters. The fourth-order valence-corrected chi connectivity index (χ4v) is 3.84. The molecule has 3 rings (SSSR count). The molecule has 3 heterocycles. The molecule has 0 aliphatic heterocycles. The maximum atomic E-state index is 10.8. The van der Waals surface area contributed by atoms with Crippen LogP contribution in [0.2, 0.25) is 0 Å². The van der Waals surface area contributed by atoms with Crippen molar-refractivity contribution in [1.82, 2.24) is 9.97 Å². The van der Waals surface area contributed by atoms with Gasteiger partial charge < -0.3 is 5.11 Å². The first-order chi connectivity index (χ1) is 8.74. The van der Waals surface area contributed by atoms with Crippen LogP contribution in [0.25, 0.3) is 20.5 Å². The quantitative estimate of drug-likeness (QED) is 0.800. The van der Waals surface area contributed by atoms with Gasteiger partial charge in [0.05, 0.1) is 26.5 Å². The van der Waals surface area contributed by atoms with Crippen LogP contribution in [0.3, 0.4) is 0 Å². The Hall–Kier alpha value is -1.57. The number of thiophene rings is 1. The van der Waals surface area contributed by atoms with Gasteiger partial charge in [-0.3, -0.25) is 4.98 Å². The van der Waals surface area contributed by atoms with Crippen molar-refractivity contribution in [2.45, 2.75) is 0 Å². The Morgan fingerprint density at radius 3 is 2.72 bits per heavy atom. The highest BCUT2D eigenvalue weighted by Crippen LogP contribution is 2.33. The van der Waals surface area contributed by atoms with Gasteiger partial charge in [-0.05, 0) is 6.07 Å². The summed E-state index contributed by atoms with van der Waals surface area (Å²) < 4.78 is 0. The van der Waals surface area contributed by atoms with Gasteiger partial charge >= 0.3 is 5.97 Å². The molecule has 7 heteroatoms. The number of carboxylic acids is 1. The van der Waals surface area contributed by atoms with E-state index in [0.29, 0.717) is 5.56 Å². The number of rotatable bonds is 3. The summed E-state index contributed by atoms with van der Waals surface area (Å²) in [7, 11) is 0. The molecule has 1 N–H and O–H groups in total. The Bertz CT molecular complexity index is 685. The average molecular weight is 294 g/mol. The van der Waals surface area contributed by atoms with Crippen molar-refractivity contribution in [3.63, 3.8) is 0 Å². The van der Waals surface area contributed by atoms with Gasteiger partial charge in [0.1, 0.15) is 5.01 Å². The van der Waals surface area contributed by atoms with Crippen LogP contribution in [0.15, 0.2) is 28.5 Å². The van der Waals surface area contributed by atoms with Crippen molar-refractivity contribution in [1.29, 1.82) is 0 Å². The molecule has 3 aromatic rings. The largest absolute Gasteiger partial charge is 0.478 e. The number of carboxylic acid groups (broad SMARTS) is 1. The number of nitrogens with zero attached hydrogens (tertiary/aromatic N) is 2. The van der Waals surface area contributed by atoms with Crippen molar-refractivity contribution in [2.75, 3.05) is 0 Å². The number of thiazole rings is 2. The summed E-state index contributed by atoms with van der Waals surface area (Å²) in [6.07, 6.45) is 1.78. The normalized spacial score (nSPS) is 10.7. The highest BCUT2D eigenvalue weighted by atomic mass is 32.1. The predicted octanol–water partition coefficient (Wildman–Crippen LogP) is 3.69. The number of aromatic nitrogens is 2. The van der Waals surface area contributed by atoms with Crippen LogP contribution in [0.5, 0.6) is 0 Å². The Morgan fingerprint density at radius 1 is 1.17 bits per heavy atom. The summed E-state index contributed by atoms with van der Waals surface area (Å²) in [5, 5.41) is 13.4. The molecule has 0 saturated heterocycles. The molecule has 4 nitrogen and oxygen atoms in total. The molecule has 0 radical (unpaired) electrons. The fourth-order valence-electron chi connectivity index (χ4n) is 1.40. The summed E-state index contributed by atoms with van der Waals surface area (Å²) in [5.74, 6) is -0.907. The maximum absolute atomic E-state index is 10.8. The average Bonchev–Trinajstić information content (AvgIpc) is 3.10. The Balaban J connectivity index is 1.95. The third-order valence-corrected chi connectivity index (χ3v) is 4.98. The van der Waals surface area contributed by atoms with Gasteiger partial charge in [0.2, 0.25) is 0 Å². The first kappa shape index (κ1) is 11.5. The van der Waals surface area contributed by atoms with Gasteiger partial charge in [-0.15, -0.1) is 34.0 Å². The second kappa shape index (κ2) is 4.60. The third-order valence-electron chi connectivity index (χ3n) is 2.25. The minimum absolute atomic E-state index is 0.308. The Kier molecular flexibility index (Phi) is 2.94. The zero-order valence-electron chi connectivity index (χ0n) is 8.86. The Labute approximate surface area is 114 Å². The first-order valence-corrected chi connectivity index (χ1v) is 7.54. The van der Waals surface area contributed by atoms with Crippen LogP contribution in [-0.2, 0) is 0 Å². The van der Waals surface area contributed by atoms with Gasteiger partial charge in [0.25, 0.3) is 0 Å². The van der Waals surface area contributed by atoms with Crippen molar-refractivity contribution >= 4 is 40.0 Å². The Morgan fingerprint density at radius 2 is 2.06 bits per heavy atom. The highest BCUT2D eigenvalue weighted by Gasteiger charge is 2.12. The second-order valence-electron chi connectivity index (χ2n) is 3.41. The van der Waals surface area contributed by atoms with E-state index in [1.807, 2.05) is 5.38 Å². The van der Waals surface area contributed by atoms with Gasteiger partial charge in [-0.1, -0.05) is 0 Å². The van der Waals surface area contributed by atoms with Crippen LogP contribution < -0.4 is 0 Å². The van der Waals surface area contributed by atoms with E-state index < -0.39 is 5.97 Å². The molecule has 3 aromatic heterocycles. The molecule has 0 fully saturated rings. The molecule has 0 atom stereocenters. The van der Waals surface area contributed by atoms with Gasteiger partial charge in [0, 0.05) is 17.0 Å². The lowest BCUT2D eigenvalue weighted by atomic mass is 10.3. The number of aromatic carboxylic acids is 1. The van der Waals surface area contributed by atoms with Crippen molar-refractivity contribution in [3.8, 4) is 20.5 Å². The topological polar surface area (TPSA) is 63.1 Å². The zero-order chi connectivity index (χ0) is 12.5. The van der Waals surface area contributed by atoms with Gasteiger partial charge in [0.15, 0.2) is 0 Å². The molecule has 0 saturated carbocycles. The summed E-state index contributed by atoms with van der Waals surface area (Å²) in [4.78, 5) is 21.2. The van der Waals surface area contributed by atoms with Crippen LogP contribution in [-0.4, -0.2) is 21.0 Å². The highest BCUT2D eigenvalue weighted by molar-refractivity contribution is 7.20. The van der Waals surface area contributed by atoms with Crippen LogP contribution in [0.4, 0.5) is 0 Å². The van der Waals surface area contributed by atoms with Crippen LogP contribution >= 0.6 is 34.0 Å². The number of hydrogen-bond donors (Lipinski definition) is 1. The van der Waals surface area contributed by atoms with Gasteiger partial charge in [-0.2, -0.15) is 0 Å². The lowest BCUT2D eigenvalue weighted by Gasteiger charge is -1.88. The molecule has 90 valence electrons.